The number of aliphatic hydroxyl groups is 2. The number of carbonyl (C=O) groups excluding carboxylic acids is 3. The van der Waals surface area contributed by atoms with Crippen molar-refractivity contribution in [2.24, 2.45) is 11.8 Å². The van der Waals surface area contributed by atoms with Crippen LogP contribution in [-0.4, -0.2) is 152 Å². The molecule has 6 aromatic carbocycles. The van der Waals surface area contributed by atoms with Gasteiger partial charge in [-0.2, -0.15) is 15.3 Å². The number of aromatic carboxylic acids is 1. The van der Waals surface area contributed by atoms with Crippen LogP contribution in [0.5, 0.6) is 0 Å². The average molecular weight is 1580 g/mol. The van der Waals surface area contributed by atoms with Crippen LogP contribution in [0, 0.1) is 11.8 Å². The van der Waals surface area contributed by atoms with E-state index in [0.717, 1.165) is 121 Å². The zero-order valence-corrected chi connectivity index (χ0v) is 72.0. The van der Waals surface area contributed by atoms with Crippen LogP contribution in [0.25, 0.3) is 0 Å². The fourth-order valence-corrected chi connectivity index (χ4v) is 16.3. The predicted molar refractivity (Wildman–Crippen MR) is 461 cm³/mol. The van der Waals surface area contributed by atoms with Gasteiger partial charge in [0.05, 0.1) is 71.5 Å². The van der Waals surface area contributed by atoms with Crippen LogP contribution < -0.4 is 10.6 Å². The zero-order chi connectivity index (χ0) is 82.6. The van der Waals surface area contributed by atoms with Crippen molar-refractivity contribution in [2.75, 3.05) is 21.1 Å². The molecule has 3 fully saturated rings. The standard InChI is InChI=1S/C30H43NO5Si.C28H35N3O2.C27H34N4O2.C8H15N3.B/c1-29(2,3)35-28(34)31-24(20-21-14-16-23(17-15-21)27(32)33)18-19-25(31)26(22-12-10-9-11-13-22)36-37(7,8)30(4,5)6;1-19(2)26-17-25(29-30-26)18-31(3)28(33)23-12-9-20(10-13-23)15-21-11-14-24(16-21)27(32)22-7-5-4-6-8-22;1-18(2)25-16-23(29-30-25)17-31(3)27(33)21-11-9-19(10-12-21)15-22-13-14-24(28-22)26(32)20-7-5-4-6-8-20;1-6(2)8-4-7(5-9-3)10-11-8;/h9-17,24-26H,18-20H2,1-8H3,(H,32,33);4-10,12-13,17,19,21,24,27,32H,11,14-16,18H2,1-3H3,(H,29,30);4-12,16,18,22,24,26,28,32H,13-15,17H2,1-3H3,(H,29,30);4,6,9H,5H2,1-3H3,(H,10,11);/t24-,25+,26+;21-,24-,27+;22-,24+,26+;;/m000../s1. The minimum absolute atomic E-state index is 0. The highest BCUT2D eigenvalue weighted by atomic mass is 28.4. The first kappa shape index (κ1) is 91.2. The number of hydrogen-bond acceptors (Lipinski definition) is 13. The molecule has 3 amide bonds. The van der Waals surface area contributed by atoms with Crippen LogP contribution in [-0.2, 0) is 48.1 Å². The lowest BCUT2D eigenvalue weighted by molar-refractivity contribution is -0.00241. The van der Waals surface area contributed by atoms with Crippen molar-refractivity contribution in [3.63, 3.8) is 0 Å². The Labute approximate surface area is 686 Å². The lowest BCUT2D eigenvalue weighted by Crippen LogP contribution is -2.50. The third kappa shape index (κ3) is 26.4. The maximum absolute atomic E-state index is 13.7. The van der Waals surface area contributed by atoms with E-state index in [2.05, 4.69) is 147 Å². The van der Waals surface area contributed by atoms with Gasteiger partial charge in [0.15, 0.2) is 8.32 Å². The van der Waals surface area contributed by atoms with E-state index in [1.807, 2.05) is 186 Å². The third-order valence-electron chi connectivity index (χ3n) is 22.5. The summed E-state index contributed by atoms with van der Waals surface area (Å²) < 4.78 is 13.0. The first-order chi connectivity index (χ1) is 54.1. The Morgan fingerprint density at radius 3 is 1.43 bits per heavy atom. The van der Waals surface area contributed by atoms with Crippen LogP contribution in [0.4, 0.5) is 4.79 Å². The second kappa shape index (κ2) is 42.0. The molecular weight excluding hydrogens is 1450 g/mol. The molecule has 0 bridgehead atoms. The third-order valence-corrected chi connectivity index (χ3v) is 27.0. The summed E-state index contributed by atoms with van der Waals surface area (Å²) >= 11 is 0. The predicted octanol–water partition coefficient (Wildman–Crippen LogP) is 18.0. The topological polar surface area (TPSA) is 267 Å². The number of H-pyrrole nitrogens is 3. The van der Waals surface area contributed by atoms with Crippen LogP contribution in [0.3, 0.4) is 0 Å². The Bertz CT molecular complexity index is 4280. The summed E-state index contributed by atoms with van der Waals surface area (Å²) in [5.74, 6) is 1.18. The molecule has 3 aromatic heterocycles. The molecule has 3 radical (unpaired) electrons. The van der Waals surface area contributed by atoms with Crippen LogP contribution in [0.1, 0.15) is 263 Å². The average Bonchev–Trinajstić information content (AvgIpc) is 1.68. The molecule has 12 rings (SSSR count). The largest absolute Gasteiger partial charge is 0.478 e. The van der Waals surface area contributed by atoms with E-state index >= 15 is 0 Å². The lowest BCUT2D eigenvalue weighted by Gasteiger charge is -2.43. The van der Waals surface area contributed by atoms with E-state index in [0.29, 0.717) is 66.3 Å². The van der Waals surface area contributed by atoms with Gasteiger partial charge in [0.1, 0.15) is 5.60 Å². The van der Waals surface area contributed by atoms with Gasteiger partial charge < -0.3 is 44.9 Å². The molecule has 0 spiro atoms. The molecular formula is C93H127BN11O9Si. The van der Waals surface area contributed by atoms with Crippen LogP contribution in [0.15, 0.2) is 182 Å². The number of carbonyl (C=O) groups is 4. The molecule has 115 heavy (non-hydrogen) atoms. The van der Waals surface area contributed by atoms with Gasteiger partial charge in [-0.1, -0.05) is 190 Å². The highest BCUT2D eigenvalue weighted by Crippen LogP contribution is 2.45. The molecule has 3 aliphatic rings. The fourth-order valence-electron chi connectivity index (χ4n) is 15.0. The van der Waals surface area contributed by atoms with Crippen LogP contribution >= 0.6 is 0 Å². The van der Waals surface area contributed by atoms with Gasteiger partial charge in [0.2, 0.25) is 0 Å². The van der Waals surface area contributed by atoms with Crippen molar-refractivity contribution < 1.29 is 43.7 Å². The molecule has 1 saturated carbocycles. The molecule has 2 aliphatic heterocycles. The molecule has 20 nitrogen and oxygen atoms in total. The van der Waals surface area contributed by atoms with E-state index in [-0.39, 0.29) is 67.3 Å². The number of carboxylic acid groups (broad SMARTS) is 1. The molecule has 22 heteroatoms. The number of nitrogens with zero attached hydrogens (tertiary/aromatic N) is 6. The van der Waals surface area contributed by atoms with E-state index in [9.17, 15) is 34.5 Å². The van der Waals surface area contributed by atoms with Gasteiger partial charge in [-0.05, 0) is 228 Å². The number of carboxylic acids is 1. The molecule has 9 aromatic rings. The number of aliphatic hydroxyl groups excluding tert-OH is 2. The summed E-state index contributed by atoms with van der Waals surface area (Å²) in [6.45, 7) is 31.4. The van der Waals surface area contributed by atoms with Crippen molar-refractivity contribution >= 4 is 40.6 Å². The van der Waals surface area contributed by atoms with Crippen molar-refractivity contribution in [3.05, 3.63) is 266 Å². The molecule has 0 unspecified atom stereocenters. The van der Waals surface area contributed by atoms with Gasteiger partial charge in [0, 0.05) is 64.0 Å². The number of aromatic nitrogens is 6. The second-order valence-electron chi connectivity index (χ2n) is 34.9. The highest BCUT2D eigenvalue weighted by molar-refractivity contribution is 6.74. The molecule has 615 valence electrons. The molecule has 5 heterocycles. The lowest BCUT2D eigenvalue weighted by atomic mass is 9.91. The Hall–Kier alpha value is -9.29. The van der Waals surface area contributed by atoms with Gasteiger partial charge in [0.25, 0.3) is 11.8 Å². The Morgan fingerprint density at radius 2 is 0.983 bits per heavy atom. The van der Waals surface area contributed by atoms with E-state index in [1.54, 1.807) is 21.9 Å². The summed E-state index contributed by atoms with van der Waals surface area (Å²) in [6.07, 6.45) is 7.87. The minimum Gasteiger partial charge on any atom is -0.478 e. The van der Waals surface area contributed by atoms with Crippen molar-refractivity contribution in [1.82, 2.24) is 55.9 Å². The number of hydrogen-bond donors (Lipinski definition) is 8. The van der Waals surface area contributed by atoms with Crippen molar-refractivity contribution in [1.29, 1.82) is 0 Å². The SMILES string of the molecule is CC(C)(C)OC(=O)N1[C@H](Cc2ccc(C(=O)O)cc2)CC[C@@H]1[C@H](O[Si](C)(C)C(C)(C)C)c1ccccc1.CC(C)c1cc(CN(C)C(=O)c2ccc(C[C@@H]3CC[C@H]([C@H](O)c4ccccc4)C3)cc2)[nH]n1.CC(C)c1cc(CN(C)C(=O)c2ccc(C[C@@H]3CC[C@H]([C@H](O)c4ccccc4)N3)cc2)[nH]n1.CNCc1cc(C(C)C)n[nH]1.[B]. The summed E-state index contributed by atoms with van der Waals surface area (Å²) in [5, 5.41) is 59.2. The highest BCUT2D eigenvalue weighted by Gasteiger charge is 2.48. The van der Waals surface area contributed by atoms with Gasteiger partial charge in [-0.3, -0.25) is 29.8 Å². The van der Waals surface area contributed by atoms with E-state index in [4.69, 9.17) is 9.16 Å². The molecule has 8 N–H and O–H groups in total. The van der Waals surface area contributed by atoms with Crippen molar-refractivity contribution in [3.8, 4) is 0 Å². The number of likely N-dealkylation sites (tertiary alicyclic amines) is 1. The van der Waals surface area contributed by atoms with Gasteiger partial charge in [-0.25, -0.2) is 9.59 Å². The maximum Gasteiger partial charge on any atom is 0.410 e. The Kier molecular flexibility index (Phi) is 33.3. The number of rotatable bonds is 26. The number of ether oxygens (including phenoxy) is 1. The summed E-state index contributed by atoms with van der Waals surface area (Å²) in [5.41, 5.74) is 13.7. The van der Waals surface area contributed by atoms with Gasteiger partial charge >= 0.3 is 12.1 Å². The van der Waals surface area contributed by atoms with Crippen molar-refractivity contribution in [2.45, 2.75) is 251 Å². The van der Waals surface area contributed by atoms with E-state index < -0.39 is 26.0 Å². The normalized spacial score (nSPS) is 18.3. The fraction of sp³-hybridized carbons (Fsp3) is 0.473. The first-order valence-electron chi connectivity index (χ1n) is 40.9. The summed E-state index contributed by atoms with van der Waals surface area (Å²) in [7, 11) is 3.38. The summed E-state index contributed by atoms with van der Waals surface area (Å²) in [4.78, 5) is 56.0. The van der Waals surface area contributed by atoms with Crippen LogP contribution in [0.2, 0.25) is 18.1 Å². The number of aromatic amines is 3. The smallest absolute Gasteiger partial charge is 0.410 e. The summed E-state index contributed by atoms with van der Waals surface area (Å²) in [6, 6.07) is 59.2. The number of benzene rings is 6. The Morgan fingerprint density at radius 1 is 0.548 bits per heavy atom. The Balaban J connectivity index is 0.000000201. The minimum atomic E-state index is -2.18. The molecule has 2 saturated heterocycles. The van der Waals surface area contributed by atoms with Gasteiger partial charge in [-0.15, -0.1) is 0 Å². The van der Waals surface area contributed by atoms with E-state index in [1.165, 1.54) is 11.1 Å². The molecule has 1 aliphatic carbocycles. The monoisotopic (exact) mass is 1580 g/mol. The quantitative estimate of drug-likeness (QED) is 0.0234. The first-order valence-corrected chi connectivity index (χ1v) is 43.8. The maximum atomic E-state index is 13.7. The molecule has 9 atom stereocenters. The number of amides is 3. The zero-order valence-electron chi connectivity index (χ0n) is 71.0. The second-order valence-corrected chi connectivity index (χ2v) is 39.6. The number of nitrogens with one attached hydrogen (secondary N) is 5.